The maximum atomic E-state index is 12.8. The van der Waals surface area contributed by atoms with Crippen LogP contribution in [0, 0.1) is 15.9 Å². The van der Waals surface area contributed by atoms with Crippen molar-refractivity contribution in [1.29, 1.82) is 0 Å². The molecule has 0 fully saturated rings. The minimum absolute atomic E-state index is 0.117. The van der Waals surface area contributed by atoms with Crippen molar-refractivity contribution in [3.63, 3.8) is 0 Å². The van der Waals surface area contributed by atoms with Crippen molar-refractivity contribution in [3.8, 4) is 0 Å². The van der Waals surface area contributed by atoms with Crippen LogP contribution in [0.3, 0.4) is 0 Å². The minimum Gasteiger partial charge on any atom is -0.462 e. The number of carbonyl (C=O) groups excluding carboxylic acids is 1. The molecule has 6 nitrogen and oxygen atoms in total. The maximum Gasteiger partial charge on any atom is 0.338 e. The summed E-state index contributed by atoms with van der Waals surface area (Å²) in [6.45, 7) is 2.14. The summed E-state index contributed by atoms with van der Waals surface area (Å²) >= 11 is 0. The van der Waals surface area contributed by atoms with Crippen LogP contribution >= 0.6 is 0 Å². The third-order valence-electron chi connectivity index (χ3n) is 3.10. The fourth-order valence-corrected chi connectivity index (χ4v) is 1.97. The highest BCUT2D eigenvalue weighted by atomic mass is 19.1. The summed E-state index contributed by atoms with van der Waals surface area (Å²) in [5.74, 6) is -0.959. The Balaban J connectivity index is 2.19. The SMILES string of the molecule is CCOC(=O)c1ccc(NCc2ccc(F)cc2)c([N+](=O)[O-])c1. The number of carbonyl (C=O) groups is 1. The van der Waals surface area contributed by atoms with Gasteiger partial charge in [-0.05, 0) is 36.8 Å². The Labute approximate surface area is 132 Å². The second-order valence-electron chi connectivity index (χ2n) is 4.69. The van der Waals surface area contributed by atoms with E-state index in [1.165, 1.54) is 30.3 Å². The van der Waals surface area contributed by atoms with Crippen molar-refractivity contribution in [1.82, 2.24) is 0 Å². The Kier molecular flexibility index (Phi) is 5.24. The third kappa shape index (κ3) is 4.26. The number of nitro groups is 1. The van der Waals surface area contributed by atoms with Crippen LogP contribution < -0.4 is 5.32 Å². The van der Waals surface area contributed by atoms with Crippen molar-refractivity contribution in [2.24, 2.45) is 0 Å². The molecule has 2 aromatic rings. The number of anilines is 1. The van der Waals surface area contributed by atoms with Crippen molar-refractivity contribution >= 4 is 17.3 Å². The smallest absolute Gasteiger partial charge is 0.338 e. The molecule has 0 amide bonds. The molecule has 0 unspecified atom stereocenters. The average molecular weight is 318 g/mol. The number of ether oxygens (including phenoxy) is 1. The molecule has 120 valence electrons. The quantitative estimate of drug-likeness (QED) is 0.500. The van der Waals surface area contributed by atoms with Gasteiger partial charge >= 0.3 is 5.97 Å². The zero-order valence-electron chi connectivity index (χ0n) is 12.4. The van der Waals surface area contributed by atoms with Crippen molar-refractivity contribution in [2.45, 2.75) is 13.5 Å². The number of nitrogens with zero attached hydrogens (tertiary/aromatic N) is 1. The van der Waals surface area contributed by atoms with E-state index in [-0.39, 0.29) is 29.4 Å². The molecule has 0 saturated heterocycles. The van der Waals surface area contributed by atoms with Crippen molar-refractivity contribution in [3.05, 3.63) is 69.5 Å². The van der Waals surface area contributed by atoms with Gasteiger partial charge in [0.1, 0.15) is 11.5 Å². The fraction of sp³-hybridized carbons (Fsp3) is 0.188. The van der Waals surface area contributed by atoms with Crippen molar-refractivity contribution in [2.75, 3.05) is 11.9 Å². The standard InChI is InChI=1S/C16H15FN2O4/c1-2-23-16(20)12-5-8-14(15(9-12)19(21)22)18-10-11-3-6-13(17)7-4-11/h3-9,18H,2,10H2,1H3. The molecule has 23 heavy (non-hydrogen) atoms. The summed E-state index contributed by atoms with van der Waals surface area (Å²) in [6, 6.07) is 9.88. The molecule has 7 heteroatoms. The Morgan fingerprint density at radius 1 is 1.26 bits per heavy atom. The molecule has 0 aliphatic heterocycles. The van der Waals surface area contributed by atoms with E-state index in [1.807, 2.05) is 0 Å². The molecule has 0 radical (unpaired) electrons. The lowest BCUT2D eigenvalue weighted by molar-refractivity contribution is -0.384. The first-order valence-electron chi connectivity index (χ1n) is 6.95. The summed E-state index contributed by atoms with van der Waals surface area (Å²) in [4.78, 5) is 22.2. The number of rotatable bonds is 6. The molecule has 0 atom stereocenters. The van der Waals surface area contributed by atoms with Crippen LogP contribution in [0.4, 0.5) is 15.8 Å². The highest BCUT2D eigenvalue weighted by Gasteiger charge is 2.18. The summed E-state index contributed by atoms with van der Waals surface area (Å²) in [5, 5.41) is 14.1. The highest BCUT2D eigenvalue weighted by Crippen LogP contribution is 2.26. The summed E-state index contributed by atoms with van der Waals surface area (Å²) in [7, 11) is 0. The Bertz CT molecular complexity index is 717. The normalized spacial score (nSPS) is 10.2. The molecule has 1 N–H and O–H groups in total. The van der Waals surface area contributed by atoms with Crippen LogP contribution in [0.1, 0.15) is 22.8 Å². The second-order valence-corrected chi connectivity index (χ2v) is 4.69. The van der Waals surface area contributed by atoms with Crippen LogP contribution in [0.2, 0.25) is 0 Å². The van der Waals surface area contributed by atoms with Gasteiger partial charge in [0.05, 0.1) is 17.1 Å². The number of nitrogens with one attached hydrogen (secondary N) is 1. The van der Waals surface area contributed by atoms with E-state index in [1.54, 1.807) is 19.1 Å². The van der Waals surface area contributed by atoms with E-state index in [0.717, 1.165) is 5.56 Å². The van der Waals surface area contributed by atoms with Gasteiger partial charge in [-0.1, -0.05) is 12.1 Å². The van der Waals surface area contributed by atoms with E-state index in [4.69, 9.17) is 4.74 Å². The first-order valence-corrected chi connectivity index (χ1v) is 6.95. The molecule has 2 aromatic carbocycles. The second kappa shape index (κ2) is 7.35. The Hall–Kier alpha value is -2.96. The van der Waals surface area contributed by atoms with Crippen LogP contribution in [0.15, 0.2) is 42.5 Å². The van der Waals surface area contributed by atoms with Crippen LogP contribution in [0.25, 0.3) is 0 Å². The molecule has 0 bridgehead atoms. The Morgan fingerprint density at radius 2 is 1.96 bits per heavy atom. The number of benzene rings is 2. The van der Waals surface area contributed by atoms with Gasteiger partial charge in [0.25, 0.3) is 5.69 Å². The summed E-state index contributed by atoms with van der Waals surface area (Å²) in [5.41, 5.74) is 0.936. The van der Waals surface area contributed by atoms with Gasteiger partial charge in [-0.3, -0.25) is 10.1 Å². The van der Waals surface area contributed by atoms with E-state index < -0.39 is 10.9 Å². The number of hydrogen-bond donors (Lipinski definition) is 1. The Morgan fingerprint density at radius 3 is 2.57 bits per heavy atom. The highest BCUT2D eigenvalue weighted by molar-refractivity contribution is 5.91. The van der Waals surface area contributed by atoms with E-state index >= 15 is 0 Å². The number of esters is 1. The molecular weight excluding hydrogens is 303 g/mol. The molecule has 0 spiro atoms. The van der Waals surface area contributed by atoms with E-state index in [0.29, 0.717) is 6.54 Å². The predicted octanol–water partition coefficient (Wildman–Crippen LogP) is 3.52. The van der Waals surface area contributed by atoms with Gasteiger partial charge in [-0.2, -0.15) is 0 Å². The predicted molar refractivity (Wildman–Crippen MR) is 82.8 cm³/mol. The minimum atomic E-state index is -0.610. The zero-order valence-corrected chi connectivity index (χ0v) is 12.4. The number of nitro benzene ring substituents is 1. The third-order valence-corrected chi connectivity index (χ3v) is 3.10. The van der Waals surface area contributed by atoms with Gasteiger partial charge in [0.15, 0.2) is 0 Å². The van der Waals surface area contributed by atoms with Gasteiger partial charge in [-0.25, -0.2) is 9.18 Å². The molecule has 0 aliphatic rings. The van der Waals surface area contributed by atoms with Gasteiger partial charge in [0.2, 0.25) is 0 Å². The van der Waals surface area contributed by atoms with Gasteiger partial charge < -0.3 is 10.1 Å². The lowest BCUT2D eigenvalue weighted by atomic mass is 10.1. The first-order chi connectivity index (χ1) is 11.0. The summed E-state index contributed by atoms with van der Waals surface area (Å²) < 4.78 is 17.7. The van der Waals surface area contributed by atoms with Gasteiger partial charge in [-0.15, -0.1) is 0 Å². The molecule has 0 heterocycles. The van der Waals surface area contributed by atoms with Crippen LogP contribution in [0.5, 0.6) is 0 Å². The summed E-state index contributed by atoms with van der Waals surface area (Å²) in [6.07, 6.45) is 0. The maximum absolute atomic E-state index is 12.8. The lowest BCUT2D eigenvalue weighted by Gasteiger charge is -2.09. The monoisotopic (exact) mass is 318 g/mol. The molecule has 2 rings (SSSR count). The average Bonchev–Trinajstić information content (AvgIpc) is 2.54. The number of hydrogen-bond acceptors (Lipinski definition) is 5. The zero-order chi connectivity index (χ0) is 16.8. The fourth-order valence-electron chi connectivity index (χ4n) is 1.97. The topological polar surface area (TPSA) is 81.5 Å². The molecule has 0 aromatic heterocycles. The van der Waals surface area contributed by atoms with Crippen molar-refractivity contribution < 1.29 is 18.8 Å². The molecular formula is C16H15FN2O4. The molecule has 0 saturated carbocycles. The molecule has 0 aliphatic carbocycles. The van der Waals surface area contributed by atoms with Gasteiger partial charge in [0, 0.05) is 12.6 Å². The number of halogens is 1. The lowest BCUT2D eigenvalue weighted by Crippen LogP contribution is -2.07. The van der Waals surface area contributed by atoms with Crippen LogP contribution in [-0.2, 0) is 11.3 Å². The largest absolute Gasteiger partial charge is 0.462 e. The first kappa shape index (κ1) is 16.4. The van der Waals surface area contributed by atoms with E-state index in [2.05, 4.69) is 5.32 Å². The van der Waals surface area contributed by atoms with E-state index in [9.17, 15) is 19.3 Å². The van der Waals surface area contributed by atoms with Crippen LogP contribution in [-0.4, -0.2) is 17.5 Å².